The Morgan fingerprint density at radius 2 is 2.00 bits per heavy atom. The Bertz CT molecular complexity index is 811. The number of imide groups is 1. The number of hydrogen-bond donors (Lipinski definition) is 2. The molecule has 2 aliphatic rings. The highest BCUT2D eigenvalue weighted by molar-refractivity contribution is 6.07. The first kappa shape index (κ1) is 23.3. The van der Waals surface area contributed by atoms with Crippen molar-refractivity contribution < 1.29 is 19.4 Å². The molecule has 2 fully saturated rings. The van der Waals surface area contributed by atoms with Crippen molar-refractivity contribution in [1.82, 2.24) is 10.2 Å². The van der Waals surface area contributed by atoms with Crippen LogP contribution in [0.5, 0.6) is 5.75 Å². The molecular weight excluding hydrogens is 392 g/mol. The van der Waals surface area contributed by atoms with Gasteiger partial charge in [0.25, 0.3) is 5.91 Å². The molecule has 1 aliphatic carbocycles. The predicted octanol–water partition coefficient (Wildman–Crippen LogP) is 4.07. The maximum Gasteiger partial charge on any atom is 0.325 e. The molecular formula is C25H36N2O4. The Morgan fingerprint density at radius 3 is 2.65 bits per heavy atom. The number of nitrogens with zero attached hydrogens (tertiary/aromatic N) is 1. The van der Waals surface area contributed by atoms with Gasteiger partial charge in [-0.05, 0) is 55.1 Å². The van der Waals surface area contributed by atoms with E-state index < -0.39 is 17.7 Å². The van der Waals surface area contributed by atoms with E-state index in [1.54, 1.807) is 6.08 Å². The number of amides is 3. The van der Waals surface area contributed by atoms with E-state index in [1.807, 2.05) is 24.3 Å². The van der Waals surface area contributed by atoms with Crippen LogP contribution in [0.15, 0.2) is 36.9 Å². The molecule has 6 nitrogen and oxygen atoms in total. The first-order valence-corrected chi connectivity index (χ1v) is 11.4. The Kier molecular flexibility index (Phi) is 7.10. The number of para-hydroxylation sites is 1. The number of β-amino-alcohol motifs (C(OH)–C–C–N with tert-alkyl or cyclic N) is 1. The van der Waals surface area contributed by atoms with E-state index >= 15 is 0 Å². The second-order valence-corrected chi connectivity index (χ2v) is 9.61. The quantitative estimate of drug-likeness (QED) is 0.459. The predicted molar refractivity (Wildman–Crippen MR) is 121 cm³/mol. The van der Waals surface area contributed by atoms with Gasteiger partial charge in [0, 0.05) is 0 Å². The van der Waals surface area contributed by atoms with E-state index in [0.29, 0.717) is 30.9 Å². The molecule has 0 bridgehead atoms. The van der Waals surface area contributed by atoms with Crippen LogP contribution in [0.1, 0.15) is 58.4 Å². The number of hydrogen-bond acceptors (Lipinski definition) is 4. The number of aliphatic hydroxyl groups excluding tert-OH is 1. The number of nitrogens with one attached hydrogen (secondary N) is 1. The molecule has 0 radical (unpaired) electrons. The molecule has 1 unspecified atom stereocenters. The molecule has 1 aromatic carbocycles. The Labute approximate surface area is 185 Å². The van der Waals surface area contributed by atoms with Gasteiger partial charge >= 0.3 is 6.03 Å². The number of carbonyl (C=O) groups excluding carboxylic acids is 2. The van der Waals surface area contributed by atoms with Crippen molar-refractivity contribution in [2.45, 2.75) is 70.9 Å². The number of benzene rings is 1. The molecule has 31 heavy (non-hydrogen) atoms. The second-order valence-electron chi connectivity index (χ2n) is 9.61. The fourth-order valence-corrected chi connectivity index (χ4v) is 4.78. The van der Waals surface area contributed by atoms with Crippen molar-refractivity contribution in [3.05, 3.63) is 42.5 Å². The molecule has 0 aromatic heterocycles. The molecule has 1 saturated carbocycles. The molecule has 3 rings (SSSR count). The van der Waals surface area contributed by atoms with Crippen LogP contribution < -0.4 is 10.1 Å². The van der Waals surface area contributed by atoms with Crippen LogP contribution in [0.4, 0.5) is 4.79 Å². The number of urea groups is 1. The summed E-state index contributed by atoms with van der Waals surface area (Å²) in [6.07, 6.45) is 5.75. The Balaban J connectivity index is 1.57. The SMILES string of the molecule is C=CCc1ccccc1OCC(O)CN1C(=O)NC2(CCC(C(C)(C)CC)CC2)C1=O. The van der Waals surface area contributed by atoms with Crippen molar-refractivity contribution in [1.29, 1.82) is 0 Å². The molecule has 3 amide bonds. The van der Waals surface area contributed by atoms with Crippen molar-refractivity contribution in [2.75, 3.05) is 13.2 Å². The third kappa shape index (κ3) is 4.95. The van der Waals surface area contributed by atoms with Crippen molar-refractivity contribution in [3.8, 4) is 5.75 Å². The molecule has 1 aliphatic heterocycles. The minimum absolute atomic E-state index is 0.00494. The third-order valence-electron chi connectivity index (χ3n) is 7.26. The largest absolute Gasteiger partial charge is 0.491 e. The summed E-state index contributed by atoms with van der Waals surface area (Å²) in [7, 11) is 0. The molecule has 1 spiro atoms. The topological polar surface area (TPSA) is 78.9 Å². The molecule has 1 aromatic rings. The standard InChI is InChI=1S/C25H36N2O4/c1-5-9-18-10-7-8-11-21(18)31-17-20(28)16-27-22(29)25(26-23(27)30)14-12-19(13-15-25)24(3,4)6-2/h5,7-8,10-11,19-20,28H,1,6,9,12-17H2,2-4H3,(H,26,30). The molecule has 1 heterocycles. The van der Waals surface area contributed by atoms with Gasteiger partial charge in [-0.25, -0.2) is 4.79 Å². The van der Waals surface area contributed by atoms with E-state index in [4.69, 9.17) is 4.74 Å². The molecule has 6 heteroatoms. The van der Waals surface area contributed by atoms with Gasteiger partial charge in [0.15, 0.2) is 0 Å². The number of allylic oxidation sites excluding steroid dienone is 1. The highest BCUT2D eigenvalue weighted by Crippen LogP contribution is 2.45. The maximum atomic E-state index is 13.1. The summed E-state index contributed by atoms with van der Waals surface area (Å²) in [5.41, 5.74) is 0.405. The third-order valence-corrected chi connectivity index (χ3v) is 7.26. The summed E-state index contributed by atoms with van der Waals surface area (Å²) in [6, 6.07) is 7.16. The first-order valence-electron chi connectivity index (χ1n) is 11.4. The fraction of sp³-hybridized carbons (Fsp3) is 0.600. The van der Waals surface area contributed by atoms with Crippen molar-refractivity contribution in [2.24, 2.45) is 11.3 Å². The van der Waals surface area contributed by atoms with Gasteiger partial charge in [0.1, 0.15) is 24.0 Å². The molecule has 1 saturated heterocycles. The average Bonchev–Trinajstić information content (AvgIpc) is 2.97. The van der Waals surface area contributed by atoms with Crippen LogP contribution in [0.25, 0.3) is 0 Å². The minimum atomic E-state index is -0.961. The zero-order chi connectivity index (χ0) is 22.6. The highest BCUT2D eigenvalue weighted by Gasteiger charge is 2.53. The summed E-state index contributed by atoms with van der Waals surface area (Å²) < 4.78 is 5.77. The number of rotatable bonds is 9. The van der Waals surface area contributed by atoms with Crippen LogP contribution in [0, 0.1) is 11.3 Å². The summed E-state index contributed by atoms with van der Waals surface area (Å²) in [5.74, 6) is 1.01. The Morgan fingerprint density at radius 1 is 1.32 bits per heavy atom. The highest BCUT2D eigenvalue weighted by atomic mass is 16.5. The van der Waals surface area contributed by atoms with Gasteiger partial charge in [0.05, 0.1) is 6.54 Å². The number of ether oxygens (including phenoxy) is 1. The number of aliphatic hydroxyl groups is 1. The number of carbonyl (C=O) groups is 2. The molecule has 1 atom stereocenters. The lowest BCUT2D eigenvalue weighted by atomic mass is 9.65. The van der Waals surface area contributed by atoms with E-state index in [0.717, 1.165) is 29.7 Å². The van der Waals surface area contributed by atoms with Crippen LogP contribution in [-0.2, 0) is 11.2 Å². The normalized spacial score (nSPS) is 24.9. The second kappa shape index (κ2) is 9.43. The van der Waals surface area contributed by atoms with E-state index in [2.05, 4.69) is 32.7 Å². The smallest absolute Gasteiger partial charge is 0.325 e. The van der Waals surface area contributed by atoms with E-state index in [-0.39, 0.29) is 24.5 Å². The molecule has 2 N–H and O–H groups in total. The molecule has 170 valence electrons. The van der Waals surface area contributed by atoms with Crippen LogP contribution in [0.2, 0.25) is 0 Å². The summed E-state index contributed by atoms with van der Waals surface area (Å²) in [5, 5.41) is 13.4. The van der Waals surface area contributed by atoms with Crippen LogP contribution in [0.3, 0.4) is 0 Å². The zero-order valence-electron chi connectivity index (χ0n) is 19.0. The average molecular weight is 429 g/mol. The fourth-order valence-electron chi connectivity index (χ4n) is 4.78. The van der Waals surface area contributed by atoms with E-state index in [1.165, 1.54) is 0 Å². The van der Waals surface area contributed by atoms with Gasteiger partial charge in [0.2, 0.25) is 0 Å². The van der Waals surface area contributed by atoms with Crippen LogP contribution in [-0.4, -0.2) is 46.7 Å². The lowest BCUT2D eigenvalue weighted by Crippen LogP contribution is -2.51. The lowest BCUT2D eigenvalue weighted by Gasteiger charge is -2.42. The van der Waals surface area contributed by atoms with Gasteiger partial charge in [-0.1, -0.05) is 51.5 Å². The van der Waals surface area contributed by atoms with Gasteiger partial charge < -0.3 is 15.2 Å². The van der Waals surface area contributed by atoms with Crippen molar-refractivity contribution in [3.63, 3.8) is 0 Å². The van der Waals surface area contributed by atoms with Gasteiger partial charge in [-0.3, -0.25) is 9.69 Å². The maximum absolute atomic E-state index is 13.1. The first-order chi connectivity index (χ1) is 14.7. The summed E-state index contributed by atoms with van der Waals surface area (Å²) in [4.78, 5) is 26.9. The van der Waals surface area contributed by atoms with E-state index in [9.17, 15) is 14.7 Å². The van der Waals surface area contributed by atoms with Gasteiger partial charge in [-0.15, -0.1) is 6.58 Å². The summed E-state index contributed by atoms with van der Waals surface area (Å²) >= 11 is 0. The van der Waals surface area contributed by atoms with Crippen molar-refractivity contribution >= 4 is 11.9 Å². The summed E-state index contributed by atoms with van der Waals surface area (Å²) in [6.45, 7) is 10.4. The Hall–Kier alpha value is -2.34. The minimum Gasteiger partial charge on any atom is -0.491 e. The van der Waals surface area contributed by atoms with Crippen LogP contribution >= 0.6 is 0 Å². The lowest BCUT2D eigenvalue weighted by molar-refractivity contribution is -0.134. The monoisotopic (exact) mass is 428 g/mol. The van der Waals surface area contributed by atoms with Gasteiger partial charge in [-0.2, -0.15) is 0 Å². The zero-order valence-corrected chi connectivity index (χ0v) is 19.0.